The van der Waals surface area contributed by atoms with Crippen molar-refractivity contribution in [1.29, 1.82) is 0 Å². The molecule has 0 unspecified atom stereocenters. The van der Waals surface area contributed by atoms with Crippen LogP contribution in [0.5, 0.6) is 5.75 Å². The summed E-state index contributed by atoms with van der Waals surface area (Å²) in [6.45, 7) is 1.91. The monoisotopic (exact) mass is 451 g/mol. The zero-order valence-electron chi connectivity index (χ0n) is 17.9. The van der Waals surface area contributed by atoms with Gasteiger partial charge in [-0.3, -0.25) is 9.10 Å². The van der Waals surface area contributed by atoms with Crippen LogP contribution in [0.3, 0.4) is 0 Å². The summed E-state index contributed by atoms with van der Waals surface area (Å²) in [6, 6.07) is 24.6. The SMILES string of the molecule is C[C@H](C(=O)N/N=C\c1ccccc1OCc1ccccc1)N(c1ccccc1)S(C)(=O)=O. The van der Waals surface area contributed by atoms with Crippen LogP contribution in [-0.4, -0.2) is 32.8 Å². The number of benzene rings is 3. The zero-order chi connectivity index (χ0) is 23.0. The van der Waals surface area contributed by atoms with Crippen LogP contribution in [0.4, 0.5) is 5.69 Å². The minimum absolute atomic E-state index is 0.398. The van der Waals surface area contributed by atoms with Gasteiger partial charge in [0.05, 0.1) is 18.2 Å². The van der Waals surface area contributed by atoms with Crippen molar-refractivity contribution in [2.75, 3.05) is 10.6 Å². The summed E-state index contributed by atoms with van der Waals surface area (Å²) in [5.41, 5.74) is 4.54. The van der Waals surface area contributed by atoms with Crippen LogP contribution in [0.1, 0.15) is 18.1 Å². The van der Waals surface area contributed by atoms with Crippen LogP contribution in [0.25, 0.3) is 0 Å². The summed E-state index contributed by atoms with van der Waals surface area (Å²) in [5.74, 6) is 0.0580. The summed E-state index contributed by atoms with van der Waals surface area (Å²) < 4.78 is 31.5. The molecule has 0 aliphatic heterocycles. The molecule has 1 N–H and O–H groups in total. The Balaban J connectivity index is 1.68. The summed E-state index contributed by atoms with van der Waals surface area (Å²) in [4.78, 5) is 12.6. The van der Waals surface area contributed by atoms with E-state index in [0.717, 1.165) is 16.1 Å². The van der Waals surface area contributed by atoms with E-state index in [1.807, 2.05) is 54.6 Å². The van der Waals surface area contributed by atoms with Crippen LogP contribution in [0, 0.1) is 0 Å². The van der Waals surface area contributed by atoms with Crippen LogP contribution in [0.2, 0.25) is 0 Å². The molecule has 0 aromatic heterocycles. The second kappa shape index (κ2) is 10.6. The van der Waals surface area contributed by atoms with E-state index in [-0.39, 0.29) is 0 Å². The van der Waals surface area contributed by atoms with E-state index >= 15 is 0 Å². The number of anilines is 1. The normalized spacial score (nSPS) is 12.3. The maximum atomic E-state index is 12.6. The molecule has 0 aliphatic rings. The Morgan fingerprint density at radius 3 is 2.25 bits per heavy atom. The van der Waals surface area contributed by atoms with Gasteiger partial charge in [0.2, 0.25) is 10.0 Å². The van der Waals surface area contributed by atoms with E-state index in [0.29, 0.717) is 23.6 Å². The lowest BCUT2D eigenvalue weighted by Crippen LogP contribution is -2.46. The van der Waals surface area contributed by atoms with Gasteiger partial charge < -0.3 is 4.74 Å². The van der Waals surface area contributed by atoms with Crippen molar-refractivity contribution in [1.82, 2.24) is 5.43 Å². The van der Waals surface area contributed by atoms with E-state index in [4.69, 9.17) is 4.74 Å². The van der Waals surface area contributed by atoms with Crippen molar-refractivity contribution in [3.05, 3.63) is 96.1 Å². The average Bonchev–Trinajstić information content (AvgIpc) is 2.79. The molecule has 8 heteroatoms. The molecule has 1 amide bonds. The Morgan fingerprint density at radius 2 is 1.59 bits per heavy atom. The number of carbonyl (C=O) groups is 1. The number of para-hydroxylation sites is 2. The molecule has 0 spiro atoms. The van der Waals surface area contributed by atoms with Gasteiger partial charge in [0.1, 0.15) is 18.4 Å². The molecule has 32 heavy (non-hydrogen) atoms. The first kappa shape index (κ1) is 23.0. The molecule has 0 aliphatic carbocycles. The molecular formula is C24H25N3O4S. The lowest BCUT2D eigenvalue weighted by atomic mass is 10.2. The van der Waals surface area contributed by atoms with E-state index in [9.17, 15) is 13.2 Å². The number of rotatable bonds is 9. The van der Waals surface area contributed by atoms with Crippen molar-refractivity contribution < 1.29 is 17.9 Å². The number of hydrogen-bond acceptors (Lipinski definition) is 5. The fourth-order valence-electron chi connectivity index (χ4n) is 3.10. The van der Waals surface area contributed by atoms with E-state index in [1.165, 1.54) is 13.1 Å². The number of nitrogens with one attached hydrogen (secondary N) is 1. The predicted octanol–water partition coefficient (Wildman–Crippen LogP) is 3.57. The van der Waals surface area contributed by atoms with Crippen molar-refractivity contribution in [3.63, 3.8) is 0 Å². The standard InChI is InChI=1S/C24H25N3O4S/c1-19(27(32(2,29)30)22-14-7-4-8-15-22)24(28)26-25-17-21-13-9-10-16-23(21)31-18-20-11-5-3-6-12-20/h3-17,19H,18H2,1-2H3,(H,26,28)/b25-17-/t19-/m1/s1. The van der Waals surface area contributed by atoms with Crippen molar-refractivity contribution in [3.8, 4) is 5.75 Å². The number of carbonyl (C=O) groups excluding carboxylic acids is 1. The molecule has 7 nitrogen and oxygen atoms in total. The van der Waals surface area contributed by atoms with Crippen LogP contribution < -0.4 is 14.5 Å². The Kier molecular flexibility index (Phi) is 7.62. The van der Waals surface area contributed by atoms with E-state index in [2.05, 4.69) is 10.5 Å². The van der Waals surface area contributed by atoms with Gasteiger partial charge in [-0.25, -0.2) is 13.8 Å². The topological polar surface area (TPSA) is 88.1 Å². The highest BCUT2D eigenvalue weighted by molar-refractivity contribution is 7.92. The minimum Gasteiger partial charge on any atom is -0.488 e. The first-order valence-corrected chi connectivity index (χ1v) is 11.8. The predicted molar refractivity (Wildman–Crippen MR) is 126 cm³/mol. The molecule has 0 heterocycles. The van der Waals surface area contributed by atoms with E-state index < -0.39 is 22.0 Å². The highest BCUT2D eigenvalue weighted by atomic mass is 32.2. The molecular weight excluding hydrogens is 426 g/mol. The van der Waals surface area contributed by atoms with Crippen molar-refractivity contribution in [2.45, 2.75) is 19.6 Å². The van der Waals surface area contributed by atoms with E-state index in [1.54, 1.807) is 30.3 Å². The molecule has 0 saturated heterocycles. The third kappa shape index (κ3) is 6.18. The molecule has 0 saturated carbocycles. The maximum Gasteiger partial charge on any atom is 0.263 e. The average molecular weight is 452 g/mol. The molecule has 166 valence electrons. The Hall–Kier alpha value is -3.65. The number of hydrazone groups is 1. The van der Waals surface area contributed by atoms with Gasteiger partial charge in [-0.1, -0.05) is 60.7 Å². The Morgan fingerprint density at radius 1 is 1.00 bits per heavy atom. The largest absolute Gasteiger partial charge is 0.488 e. The van der Waals surface area contributed by atoms with Crippen LogP contribution in [-0.2, 0) is 21.4 Å². The van der Waals surface area contributed by atoms with Gasteiger partial charge in [0.25, 0.3) is 5.91 Å². The lowest BCUT2D eigenvalue weighted by Gasteiger charge is -2.27. The van der Waals surface area contributed by atoms with Gasteiger partial charge in [0, 0.05) is 5.56 Å². The molecule has 0 radical (unpaired) electrons. The number of hydrogen-bond donors (Lipinski definition) is 1. The van der Waals surface area contributed by atoms with Gasteiger partial charge in [-0.15, -0.1) is 0 Å². The molecule has 0 fully saturated rings. The Labute approximate surface area is 188 Å². The minimum atomic E-state index is -3.68. The zero-order valence-corrected chi connectivity index (χ0v) is 18.7. The highest BCUT2D eigenvalue weighted by Crippen LogP contribution is 2.20. The molecule has 0 bridgehead atoms. The fraction of sp³-hybridized carbons (Fsp3) is 0.167. The second-order valence-corrected chi connectivity index (χ2v) is 8.98. The maximum absolute atomic E-state index is 12.6. The summed E-state index contributed by atoms with van der Waals surface area (Å²) in [5, 5.41) is 4.01. The van der Waals surface area contributed by atoms with Gasteiger partial charge in [0.15, 0.2) is 0 Å². The smallest absolute Gasteiger partial charge is 0.263 e. The van der Waals surface area contributed by atoms with Crippen LogP contribution in [0.15, 0.2) is 90.0 Å². The quantitative estimate of drug-likeness (QED) is 0.398. The number of ether oxygens (including phenoxy) is 1. The Bertz CT molecular complexity index is 1170. The molecule has 3 rings (SSSR count). The lowest BCUT2D eigenvalue weighted by molar-refractivity contribution is -0.121. The summed E-state index contributed by atoms with van der Waals surface area (Å²) in [7, 11) is -3.68. The first-order chi connectivity index (χ1) is 15.4. The van der Waals surface area contributed by atoms with Crippen LogP contribution >= 0.6 is 0 Å². The summed E-state index contributed by atoms with van der Waals surface area (Å²) in [6.07, 6.45) is 2.53. The van der Waals surface area contributed by atoms with Gasteiger partial charge >= 0.3 is 0 Å². The summed E-state index contributed by atoms with van der Waals surface area (Å²) >= 11 is 0. The highest BCUT2D eigenvalue weighted by Gasteiger charge is 2.28. The third-order valence-corrected chi connectivity index (χ3v) is 5.88. The fourth-order valence-corrected chi connectivity index (χ4v) is 4.27. The van der Waals surface area contributed by atoms with Gasteiger partial charge in [-0.2, -0.15) is 5.10 Å². The van der Waals surface area contributed by atoms with Crippen molar-refractivity contribution >= 4 is 27.8 Å². The van der Waals surface area contributed by atoms with Crippen molar-refractivity contribution in [2.24, 2.45) is 5.10 Å². The van der Waals surface area contributed by atoms with Gasteiger partial charge in [-0.05, 0) is 36.8 Å². The molecule has 1 atom stereocenters. The first-order valence-electron chi connectivity index (χ1n) is 9.99. The number of amides is 1. The third-order valence-electron chi connectivity index (χ3n) is 4.63. The number of sulfonamides is 1. The molecule has 3 aromatic rings. The molecule has 3 aromatic carbocycles. The number of nitrogens with zero attached hydrogens (tertiary/aromatic N) is 2. The second-order valence-electron chi connectivity index (χ2n) is 7.12.